The number of rotatable bonds is 9. The van der Waals surface area contributed by atoms with Gasteiger partial charge in [0.05, 0.1) is 12.1 Å². The predicted molar refractivity (Wildman–Crippen MR) is 180 cm³/mol. The Balaban J connectivity index is 1.14. The Kier molecular flexibility index (Phi) is 7.87. The van der Waals surface area contributed by atoms with Gasteiger partial charge >= 0.3 is 5.97 Å². The molecule has 0 fully saturated rings. The lowest BCUT2D eigenvalue weighted by atomic mass is 9.82. The summed E-state index contributed by atoms with van der Waals surface area (Å²) in [4.78, 5) is 25.6. The Hall–Kier alpha value is -4.37. The van der Waals surface area contributed by atoms with Crippen molar-refractivity contribution < 1.29 is 24.2 Å². The number of aryl methyl sites for hydroxylation is 2. The molecule has 0 saturated carbocycles. The van der Waals surface area contributed by atoms with Crippen LogP contribution in [0.2, 0.25) is 0 Å². The Labute approximate surface area is 274 Å². The zero-order valence-electron chi connectivity index (χ0n) is 26.9. The number of amides is 1. The Morgan fingerprint density at radius 1 is 0.957 bits per heavy atom. The molecule has 0 radical (unpaired) electrons. The number of nitrogens with two attached hydrogens (primary N) is 1. The van der Waals surface area contributed by atoms with E-state index < -0.39 is 12.0 Å². The van der Waals surface area contributed by atoms with Gasteiger partial charge in [0.25, 0.3) is 0 Å². The molecule has 47 heavy (non-hydrogen) atoms. The number of benzene rings is 3. The van der Waals surface area contributed by atoms with Crippen LogP contribution in [0.5, 0.6) is 17.2 Å². The summed E-state index contributed by atoms with van der Waals surface area (Å²) in [6, 6.07) is 12.2. The topological polar surface area (TPSA) is 117 Å². The van der Waals surface area contributed by atoms with Crippen LogP contribution in [0.1, 0.15) is 71.9 Å². The first-order chi connectivity index (χ1) is 23.0. The number of anilines is 1. The van der Waals surface area contributed by atoms with E-state index in [1.807, 2.05) is 12.1 Å². The summed E-state index contributed by atoms with van der Waals surface area (Å²) in [6.45, 7) is 5.15. The standard InChI is InChI=1S/C38H42N4O5/c39-31(38(44)45)13-14-32(43)40-15-20-46-26-11-9-23(10-12-26)33-29-21-24-5-1-16-41-18-3-7-27(34(24)41)36(29)47-37-28-8-4-19-42-17-2-6-25(35(28)42)22-30(33)37/h9-12,21-22,31H,1-8,13-20,39H2,(H-,40,43,44,45)/p+1. The molecule has 1 atom stereocenters. The van der Waals surface area contributed by atoms with E-state index in [2.05, 4.69) is 39.1 Å². The van der Waals surface area contributed by atoms with E-state index in [1.165, 1.54) is 62.5 Å². The van der Waals surface area contributed by atoms with Crippen molar-refractivity contribution in [3.8, 4) is 17.2 Å². The first kappa shape index (κ1) is 30.0. The van der Waals surface area contributed by atoms with Gasteiger partial charge in [-0.1, -0.05) is 12.1 Å². The molecular formula is C38H43N4O5+. The van der Waals surface area contributed by atoms with Crippen LogP contribution in [-0.2, 0) is 35.3 Å². The monoisotopic (exact) mass is 635 g/mol. The second-order valence-corrected chi connectivity index (χ2v) is 13.6. The van der Waals surface area contributed by atoms with Gasteiger partial charge in [-0.15, -0.1) is 0 Å². The molecule has 0 spiro atoms. The number of hydrogen-bond donors (Lipinski definition) is 3. The average molecular weight is 636 g/mol. The van der Waals surface area contributed by atoms with Crippen LogP contribution in [0.4, 0.5) is 5.69 Å². The molecule has 8 rings (SSSR count). The highest BCUT2D eigenvalue weighted by Crippen LogP contribution is 2.48. The fourth-order valence-corrected chi connectivity index (χ4v) is 8.40. The Morgan fingerprint density at radius 2 is 1.70 bits per heavy atom. The number of carbonyl (C=O) groups is 2. The lowest BCUT2D eigenvalue weighted by molar-refractivity contribution is -0.138. The molecule has 0 aromatic heterocycles. The van der Waals surface area contributed by atoms with Gasteiger partial charge in [-0.3, -0.25) is 9.59 Å². The minimum absolute atomic E-state index is 0.0688. The van der Waals surface area contributed by atoms with E-state index >= 15 is 0 Å². The number of carbonyl (C=O) groups excluding carboxylic acids is 1. The van der Waals surface area contributed by atoms with Crippen LogP contribution >= 0.6 is 0 Å². The molecule has 5 aliphatic heterocycles. The SMILES string of the molecule is NC(CCC(=O)NCCOc1ccc(C2=c3cc4c5c(c3Oc3c2cc2c6c3CCCN6CCC2)CCC[N+]=5CCC4)cc1)C(=O)O. The summed E-state index contributed by atoms with van der Waals surface area (Å²) in [5, 5.41) is 14.3. The van der Waals surface area contributed by atoms with Crippen LogP contribution in [0.3, 0.4) is 0 Å². The third-order valence-corrected chi connectivity index (χ3v) is 10.5. The van der Waals surface area contributed by atoms with Gasteiger partial charge < -0.3 is 30.5 Å². The van der Waals surface area contributed by atoms with Gasteiger partial charge in [0.2, 0.25) is 11.3 Å². The summed E-state index contributed by atoms with van der Waals surface area (Å²) in [6.07, 6.45) is 9.16. The lowest BCUT2D eigenvalue weighted by Crippen LogP contribution is -2.45. The maximum atomic E-state index is 12.1. The average Bonchev–Trinajstić information content (AvgIpc) is 3.09. The van der Waals surface area contributed by atoms with Crippen molar-refractivity contribution in [1.82, 2.24) is 9.89 Å². The van der Waals surface area contributed by atoms with Gasteiger partial charge in [0, 0.05) is 65.5 Å². The van der Waals surface area contributed by atoms with Crippen molar-refractivity contribution in [2.75, 3.05) is 44.2 Å². The fraction of sp³-hybridized carbons (Fsp3) is 0.447. The second-order valence-electron chi connectivity index (χ2n) is 13.6. The maximum Gasteiger partial charge on any atom is 0.320 e. The van der Waals surface area contributed by atoms with E-state index in [4.69, 9.17) is 20.3 Å². The maximum absolute atomic E-state index is 12.1. The highest BCUT2D eigenvalue weighted by molar-refractivity contribution is 5.89. The molecule has 0 aliphatic carbocycles. The summed E-state index contributed by atoms with van der Waals surface area (Å²) in [5.74, 6) is 1.51. The minimum Gasteiger partial charge on any atom is -0.492 e. The van der Waals surface area contributed by atoms with Crippen molar-refractivity contribution in [3.63, 3.8) is 0 Å². The van der Waals surface area contributed by atoms with Crippen LogP contribution in [-0.4, -0.2) is 62.4 Å². The van der Waals surface area contributed by atoms with Crippen LogP contribution in [0.25, 0.3) is 5.57 Å². The number of ether oxygens (including phenoxy) is 2. The predicted octanol–water partition coefficient (Wildman–Crippen LogP) is 2.81. The molecule has 9 heteroatoms. The smallest absolute Gasteiger partial charge is 0.320 e. The number of nitrogens with zero attached hydrogens (tertiary/aromatic N) is 2. The molecule has 244 valence electrons. The molecule has 0 saturated heterocycles. The van der Waals surface area contributed by atoms with Crippen molar-refractivity contribution in [2.45, 2.75) is 70.3 Å². The number of carboxylic acids is 1. The molecule has 5 aliphatic rings. The highest BCUT2D eigenvalue weighted by atomic mass is 16.5. The van der Waals surface area contributed by atoms with E-state index in [1.54, 1.807) is 0 Å². The van der Waals surface area contributed by atoms with Crippen LogP contribution in [0.15, 0.2) is 36.4 Å². The van der Waals surface area contributed by atoms with Crippen LogP contribution < -0.4 is 40.6 Å². The zero-order valence-corrected chi connectivity index (χ0v) is 26.9. The first-order valence-electron chi connectivity index (χ1n) is 17.4. The van der Waals surface area contributed by atoms with Gasteiger partial charge in [-0.05, 0) is 80.3 Å². The highest BCUT2D eigenvalue weighted by Gasteiger charge is 2.35. The molecule has 3 aromatic rings. The summed E-state index contributed by atoms with van der Waals surface area (Å²) in [5.41, 5.74) is 16.2. The molecule has 3 aromatic carbocycles. The number of aliphatic carboxylic acids is 1. The zero-order chi connectivity index (χ0) is 32.1. The van der Waals surface area contributed by atoms with Gasteiger partial charge in [-0.2, -0.15) is 0 Å². The number of nitrogens with one attached hydrogen (secondary N) is 1. The van der Waals surface area contributed by atoms with Gasteiger partial charge in [0.15, 0.2) is 0 Å². The van der Waals surface area contributed by atoms with Crippen molar-refractivity contribution in [1.29, 1.82) is 0 Å². The molecular weight excluding hydrogens is 592 g/mol. The molecule has 9 nitrogen and oxygen atoms in total. The largest absolute Gasteiger partial charge is 0.492 e. The number of hydrogen-bond acceptors (Lipinski definition) is 6. The quantitative estimate of drug-likeness (QED) is 0.191. The molecule has 1 unspecified atom stereocenters. The molecule has 1 amide bonds. The van der Waals surface area contributed by atoms with E-state index in [0.717, 1.165) is 87.5 Å². The van der Waals surface area contributed by atoms with E-state index in [0.29, 0.717) is 13.2 Å². The Morgan fingerprint density at radius 3 is 2.51 bits per heavy atom. The fourth-order valence-electron chi connectivity index (χ4n) is 8.40. The van der Waals surface area contributed by atoms with E-state index in [9.17, 15) is 9.59 Å². The second kappa shape index (κ2) is 12.3. The van der Waals surface area contributed by atoms with Gasteiger partial charge in [-0.25, -0.2) is 4.58 Å². The third kappa shape index (κ3) is 5.44. The number of carboxylic acid groups (broad SMARTS) is 1. The van der Waals surface area contributed by atoms with Crippen molar-refractivity contribution in [3.05, 3.63) is 80.4 Å². The summed E-state index contributed by atoms with van der Waals surface area (Å²) >= 11 is 0. The van der Waals surface area contributed by atoms with E-state index in [-0.39, 0.29) is 18.7 Å². The molecule has 4 N–H and O–H groups in total. The summed E-state index contributed by atoms with van der Waals surface area (Å²) in [7, 11) is 0. The molecule has 0 bridgehead atoms. The third-order valence-electron chi connectivity index (χ3n) is 10.5. The Bertz CT molecular complexity index is 1890. The van der Waals surface area contributed by atoms with Crippen LogP contribution in [0, 0.1) is 0 Å². The normalized spacial score (nSPS) is 17.9. The number of fused-ring (bicyclic) bond motifs is 4. The summed E-state index contributed by atoms with van der Waals surface area (Å²) < 4.78 is 15.7. The first-order valence-corrected chi connectivity index (χ1v) is 17.4. The van der Waals surface area contributed by atoms with Crippen molar-refractivity contribution >= 4 is 23.1 Å². The van der Waals surface area contributed by atoms with Gasteiger partial charge in [0.1, 0.15) is 43.0 Å². The molecule has 5 heterocycles. The van der Waals surface area contributed by atoms with Crippen molar-refractivity contribution in [2.24, 2.45) is 5.73 Å². The lowest BCUT2D eigenvalue weighted by Gasteiger charge is -2.39. The minimum atomic E-state index is -1.10.